The van der Waals surface area contributed by atoms with E-state index < -0.39 is 17.7 Å². The van der Waals surface area contributed by atoms with Crippen LogP contribution >= 0.6 is 11.6 Å². The molecule has 0 spiro atoms. The van der Waals surface area contributed by atoms with Crippen LogP contribution in [0, 0.1) is 17.6 Å². The van der Waals surface area contributed by atoms with E-state index in [0.29, 0.717) is 12.3 Å². The molecule has 1 fully saturated rings. The third-order valence-electron chi connectivity index (χ3n) is 3.51. The lowest BCUT2D eigenvalue weighted by Crippen LogP contribution is -2.21. The number of benzene rings is 1. The smallest absolute Gasteiger partial charge is 0.181 e. The number of hydrogen-bond donors (Lipinski definition) is 1. The summed E-state index contributed by atoms with van der Waals surface area (Å²) >= 11 is 5.81. The van der Waals surface area contributed by atoms with Crippen LogP contribution in [-0.4, -0.2) is 18.1 Å². The molecule has 112 valence electrons. The van der Waals surface area contributed by atoms with Gasteiger partial charge in [-0.2, -0.15) is 0 Å². The Bertz CT molecular complexity index is 616. The minimum atomic E-state index is -0.728. The minimum absolute atomic E-state index is 0.0664. The van der Waals surface area contributed by atoms with Crippen LogP contribution in [0.5, 0.6) is 5.75 Å². The van der Waals surface area contributed by atoms with Crippen molar-refractivity contribution in [3.8, 4) is 5.75 Å². The topological polar surface area (TPSA) is 47.3 Å². The van der Waals surface area contributed by atoms with Gasteiger partial charge >= 0.3 is 0 Å². The summed E-state index contributed by atoms with van der Waals surface area (Å²) in [7, 11) is 0. The Morgan fingerprint density at radius 1 is 1.38 bits per heavy atom. The summed E-state index contributed by atoms with van der Waals surface area (Å²) in [5, 5.41) is 2.83. The van der Waals surface area contributed by atoms with Crippen LogP contribution in [-0.2, 0) is 0 Å². The maximum absolute atomic E-state index is 13.9. The lowest BCUT2D eigenvalue weighted by molar-refractivity contribution is 0.114. The van der Waals surface area contributed by atoms with Gasteiger partial charge in [0.05, 0.1) is 6.20 Å². The van der Waals surface area contributed by atoms with Crippen molar-refractivity contribution in [2.45, 2.75) is 12.5 Å². The normalized spacial score (nSPS) is 19.7. The Labute approximate surface area is 125 Å². The second kappa shape index (κ2) is 5.99. The summed E-state index contributed by atoms with van der Waals surface area (Å²) in [6.07, 6.45) is 3.04. The summed E-state index contributed by atoms with van der Waals surface area (Å²) in [4.78, 5) is 3.85. The predicted molar refractivity (Wildman–Crippen MR) is 72.2 cm³/mol. The van der Waals surface area contributed by atoms with Crippen molar-refractivity contribution in [1.29, 1.82) is 0 Å². The van der Waals surface area contributed by atoms with E-state index in [1.54, 1.807) is 0 Å². The molecular weight excluding hydrogens is 302 g/mol. The van der Waals surface area contributed by atoms with E-state index >= 15 is 0 Å². The number of aromatic nitrogens is 1. The fourth-order valence-corrected chi connectivity index (χ4v) is 2.63. The van der Waals surface area contributed by atoms with Gasteiger partial charge in [0.25, 0.3) is 0 Å². The van der Waals surface area contributed by atoms with Gasteiger partial charge in [-0.15, -0.1) is 0 Å². The quantitative estimate of drug-likeness (QED) is 0.879. The van der Waals surface area contributed by atoms with Crippen molar-refractivity contribution in [2.75, 3.05) is 13.1 Å². The van der Waals surface area contributed by atoms with E-state index in [9.17, 15) is 8.78 Å². The average molecular weight is 315 g/mol. The lowest BCUT2D eigenvalue weighted by atomic mass is 10.00. The minimum Gasteiger partial charge on any atom is -0.477 e. The molecule has 2 heterocycles. The molecule has 1 aromatic carbocycles. The maximum atomic E-state index is 13.9. The van der Waals surface area contributed by atoms with Gasteiger partial charge in [0, 0.05) is 12.5 Å². The first-order valence-corrected chi connectivity index (χ1v) is 6.94. The average Bonchev–Trinajstić information content (AvgIpc) is 3.16. The number of halogens is 3. The molecule has 3 rings (SSSR count). The zero-order valence-electron chi connectivity index (χ0n) is 11.0. The van der Waals surface area contributed by atoms with Gasteiger partial charge in [0.15, 0.2) is 29.8 Å². The van der Waals surface area contributed by atoms with E-state index in [1.807, 2.05) is 0 Å². The van der Waals surface area contributed by atoms with Gasteiger partial charge in [-0.05, 0) is 25.1 Å². The van der Waals surface area contributed by atoms with E-state index in [4.69, 9.17) is 20.8 Å². The first kappa shape index (κ1) is 14.3. The zero-order chi connectivity index (χ0) is 14.8. The number of nitrogens with one attached hydrogen (secondary N) is 1. The summed E-state index contributed by atoms with van der Waals surface area (Å²) in [6.45, 7) is 1.53. The SMILES string of the molecule is Fc1ccc(F)c(O[C@H](c2cnco2)[C@@H]2CCNC2)c1Cl. The fraction of sp³-hybridized carbons (Fsp3) is 0.357. The van der Waals surface area contributed by atoms with Crippen LogP contribution in [0.25, 0.3) is 0 Å². The molecule has 7 heteroatoms. The van der Waals surface area contributed by atoms with Crippen LogP contribution in [0.2, 0.25) is 5.02 Å². The van der Waals surface area contributed by atoms with Crippen LogP contribution in [0.15, 0.2) is 29.1 Å². The molecule has 0 unspecified atom stereocenters. The van der Waals surface area contributed by atoms with Crippen molar-refractivity contribution in [1.82, 2.24) is 10.3 Å². The second-order valence-electron chi connectivity index (χ2n) is 4.87. The maximum Gasteiger partial charge on any atom is 0.181 e. The summed E-state index contributed by atoms with van der Waals surface area (Å²) in [5.74, 6) is -1.21. The molecule has 1 aromatic heterocycles. The molecule has 0 radical (unpaired) electrons. The highest BCUT2D eigenvalue weighted by molar-refractivity contribution is 6.32. The Morgan fingerprint density at radius 2 is 2.19 bits per heavy atom. The van der Waals surface area contributed by atoms with E-state index in [0.717, 1.165) is 25.1 Å². The predicted octanol–water partition coefficient (Wildman–Crippen LogP) is 3.34. The highest BCUT2D eigenvalue weighted by Crippen LogP contribution is 2.37. The van der Waals surface area contributed by atoms with Gasteiger partial charge in [-0.1, -0.05) is 11.6 Å². The van der Waals surface area contributed by atoms with Gasteiger partial charge in [-0.25, -0.2) is 13.8 Å². The van der Waals surface area contributed by atoms with Crippen molar-refractivity contribution < 1.29 is 17.9 Å². The van der Waals surface area contributed by atoms with E-state index in [2.05, 4.69) is 10.3 Å². The molecule has 0 amide bonds. The van der Waals surface area contributed by atoms with Crippen molar-refractivity contribution in [2.24, 2.45) is 5.92 Å². The summed E-state index contributed by atoms with van der Waals surface area (Å²) < 4.78 is 38.3. The Hall–Kier alpha value is -1.66. The molecule has 1 saturated heterocycles. The van der Waals surface area contributed by atoms with Crippen LogP contribution in [0.3, 0.4) is 0 Å². The Balaban J connectivity index is 1.93. The fourth-order valence-electron chi connectivity index (χ4n) is 2.43. The van der Waals surface area contributed by atoms with Gasteiger partial charge in [-0.3, -0.25) is 0 Å². The first-order valence-electron chi connectivity index (χ1n) is 6.56. The van der Waals surface area contributed by atoms with Gasteiger partial charge in [0.1, 0.15) is 10.8 Å². The Morgan fingerprint density at radius 3 is 2.86 bits per heavy atom. The molecule has 0 aliphatic carbocycles. The number of oxazole rings is 1. The number of ether oxygens (including phenoxy) is 1. The second-order valence-corrected chi connectivity index (χ2v) is 5.25. The molecule has 1 aliphatic rings. The number of hydrogen-bond acceptors (Lipinski definition) is 4. The van der Waals surface area contributed by atoms with Crippen LogP contribution < -0.4 is 10.1 Å². The highest BCUT2D eigenvalue weighted by Gasteiger charge is 2.32. The molecule has 0 bridgehead atoms. The molecule has 21 heavy (non-hydrogen) atoms. The third-order valence-corrected chi connectivity index (χ3v) is 3.86. The summed E-state index contributed by atoms with van der Waals surface area (Å²) in [5.41, 5.74) is 0. The van der Waals surface area contributed by atoms with Crippen LogP contribution in [0.1, 0.15) is 18.3 Å². The molecule has 0 saturated carbocycles. The van der Waals surface area contributed by atoms with Gasteiger partial charge in [0.2, 0.25) is 0 Å². The third kappa shape index (κ3) is 2.87. The summed E-state index contributed by atoms with van der Waals surface area (Å²) in [6, 6.07) is 1.95. The van der Waals surface area contributed by atoms with Crippen molar-refractivity contribution in [3.63, 3.8) is 0 Å². The largest absolute Gasteiger partial charge is 0.477 e. The highest BCUT2D eigenvalue weighted by atomic mass is 35.5. The van der Waals surface area contributed by atoms with Crippen molar-refractivity contribution >= 4 is 11.6 Å². The number of rotatable bonds is 4. The molecule has 2 aromatic rings. The Kier molecular flexibility index (Phi) is 4.07. The van der Waals surface area contributed by atoms with E-state index in [1.165, 1.54) is 12.6 Å². The lowest BCUT2D eigenvalue weighted by Gasteiger charge is -2.23. The standard InChI is InChI=1S/C14H13ClF2N2O2/c15-12-9(16)1-2-10(17)14(12)21-13(8-3-4-18-5-8)11-6-19-7-20-11/h1-2,6-8,13,18H,3-5H2/t8-,13+/m1/s1. The zero-order valence-corrected chi connectivity index (χ0v) is 11.7. The molecular formula is C14H13ClF2N2O2. The van der Waals surface area contributed by atoms with Gasteiger partial charge < -0.3 is 14.5 Å². The monoisotopic (exact) mass is 314 g/mol. The number of nitrogens with zero attached hydrogens (tertiary/aromatic N) is 1. The van der Waals surface area contributed by atoms with E-state index in [-0.39, 0.29) is 16.7 Å². The molecule has 4 nitrogen and oxygen atoms in total. The first-order chi connectivity index (χ1) is 10.2. The van der Waals surface area contributed by atoms with Crippen LogP contribution in [0.4, 0.5) is 8.78 Å². The van der Waals surface area contributed by atoms with Crippen molar-refractivity contribution in [3.05, 3.63) is 47.1 Å². The molecule has 2 atom stereocenters. The molecule has 1 N–H and O–H groups in total. The molecule has 1 aliphatic heterocycles.